The predicted molar refractivity (Wildman–Crippen MR) is 106 cm³/mol. The van der Waals surface area contributed by atoms with E-state index in [1.807, 2.05) is 62.5 Å². The summed E-state index contributed by atoms with van der Waals surface area (Å²) in [5.41, 5.74) is 6.14. The third-order valence-corrected chi connectivity index (χ3v) is 4.10. The summed E-state index contributed by atoms with van der Waals surface area (Å²) in [6.45, 7) is 8.57. The number of carbonyl (C=O) groups excluding carboxylic acids is 1. The van der Waals surface area contributed by atoms with Crippen LogP contribution in [0.15, 0.2) is 53.8 Å². The van der Waals surface area contributed by atoms with Crippen molar-refractivity contribution in [1.82, 2.24) is 14.8 Å². The normalized spacial score (nSPS) is 11.8. The summed E-state index contributed by atoms with van der Waals surface area (Å²) in [4.78, 5) is 17.0. The van der Waals surface area contributed by atoms with Crippen LogP contribution in [0.5, 0.6) is 5.75 Å². The zero-order valence-corrected chi connectivity index (χ0v) is 16.1. The van der Waals surface area contributed by atoms with Crippen LogP contribution in [0.2, 0.25) is 0 Å². The van der Waals surface area contributed by atoms with Gasteiger partial charge in [0, 0.05) is 6.20 Å². The minimum absolute atomic E-state index is 0.289. The van der Waals surface area contributed by atoms with Gasteiger partial charge in [-0.05, 0) is 61.7 Å². The average Bonchev–Trinajstić information content (AvgIpc) is 3.00. The molecule has 0 radical (unpaired) electrons. The number of nitrogens with one attached hydrogen (secondary N) is 1. The third-order valence-electron chi connectivity index (χ3n) is 4.10. The van der Waals surface area contributed by atoms with Crippen LogP contribution < -0.4 is 10.2 Å². The van der Waals surface area contributed by atoms with Crippen molar-refractivity contribution in [2.45, 2.75) is 27.7 Å². The standard InChI is InChI=1S/C21H24N4O2/c1-14(2)13-27-18-10-8-17(9-11-18)15(3)23-24-21(26)20-16(4)22-19-7-5-6-12-25(19)20/h5-12,14H,13H2,1-4H3,(H,24,26)/b23-15-. The number of amides is 1. The van der Waals surface area contributed by atoms with Crippen LogP contribution >= 0.6 is 0 Å². The second kappa shape index (κ2) is 8.03. The average molecular weight is 364 g/mol. The van der Waals surface area contributed by atoms with E-state index in [0.29, 0.717) is 29.6 Å². The van der Waals surface area contributed by atoms with Gasteiger partial charge in [0.05, 0.1) is 18.0 Å². The lowest BCUT2D eigenvalue weighted by molar-refractivity contribution is 0.0948. The number of benzene rings is 1. The Morgan fingerprint density at radius 3 is 2.67 bits per heavy atom. The molecule has 2 aromatic heterocycles. The fourth-order valence-electron chi connectivity index (χ4n) is 2.69. The molecule has 0 aliphatic rings. The molecule has 3 rings (SSSR count). The number of imidazole rings is 1. The number of aryl methyl sites for hydroxylation is 1. The van der Waals surface area contributed by atoms with Crippen LogP contribution in [0.1, 0.15) is 42.5 Å². The molecule has 1 amide bonds. The molecule has 0 aliphatic heterocycles. The summed E-state index contributed by atoms with van der Waals surface area (Å²) in [7, 11) is 0. The number of hydrazone groups is 1. The van der Waals surface area contributed by atoms with E-state index in [0.717, 1.165) is 17.0 Å². The maximum absolute atomic E-state index is 12.6. The van der Waals surface area contributed by atoms with Crippen LogP contribution in [-0.4, -0.2) is 27.6 Å². The molecule has 0 bridgehead atoms. The Hall–Kier alpha value is -3.15. The highest BCUT2D eigenvalue weighted by Gasteiger charge is 2.15. The van der Waals surface area contributed by atoms with Crippen LogP contribution in [0.25, 0.3) is 5.65 Å². The summed E-state index contributed by atoms with van der Waals surface area (Å²) in [6, 6.07) is 13.3. The molecule has 1 N–H and O–H groups in total. The van der Waals surface area contributed by atoms with Crippen molar-refractivity contribution < 1.29 is 9.53 Å². The number of ether oxygens (including phenoxy) is 1. The van der Waals surface area contributed by atoms with Gasteiger partial charge >= 0.3 is 0 Å². The maximum Gasteiger partial charge on any atom is 0.290 e. The lowest BCUT2D eigenvalue weighted by Crippen LogP contribution is -2.21. The first kappa shape index (κ1) is 18.6. The highest BCUT2D eigenvalue weighted by Crippen LogP contribution is 2.14. The van der Waals surface area contributed by atoms with E-state index >= 15 is 0 Å². The van der Waals surface area contributed by atoms with Crippen LogP contribution in [0.3, 0.4) is 0 Å². The van der Waals surface area contributed by atoms with E-state index in [4.69, 9.17) is 4.74 Å². The highest BCUT2D eigenvalue weighted by atomic mass is 16.5. The van der Waals surface area contributed by atoms with Gasteiger partial charge in [-0.2, -0.15) is 5.10 Å². The van der Waals surface area contributed by atoms with Gasteiger partial charge in [0.2, 0.25) is 0 Å². The Morgan fingerprint density at radius 2 is 1.96 bits per heavy atom. The van der Waals surface area contributed by atoms with Crippen LogP contribution in [0, 0.1) is 12.8 Å². The molecule has 0 saturated carbocycles. The van der Waals surface area contributed by atoms with Crippen molar-refractivity contribution in [3.63, 3.8) is 0 Å². The molecule has 6 heteroatoms. The van der Waals surface area contributed by atoms with Gasteiger partial charge in [-0.25, -0.2) is 10.4 Å². The lowest BCUT2D eigenvalue weighted by Gasteiger charge is -2.09. The Kier molecular flexibility index (Phi) is 5.54. The first-order chi connectivity index (χ1) is 13.0. The van der Waals surface area contributed by atoms with E-state index in [9.17, 15) is 4.79 Å². The fraction of sp³-hybridized carbons (Fsp3) is 0.286. The molecule has 0 fully saturated rings. The SMILES string of the molecule is C/C(=N/NC(=O)c1c(C)nc2ccccn12)c1ccc(OCC(C)C)cc1. The lowest BCUT2D eigenvalue weighted by atomic mass is 10.1. The molecule has 0 aliphatic carbocycles. The van der Waals surface area contributed by atoms with Crippen molar-refractivity contribution in [1.29, 1.82) is 0 Å². The molecule has 3 aromatic rings. The van der Waals surface area contributed by atoms with Gasteiger partial charge < -0.3 is 4.74 Å². The smallest absolute Gasteiger partial charge is 0.290 e. The summed E-state index contributed by atoms with van der Waals surface area (Å²) < 4.78 is 7.44. The number of pyridine rings is 1. The summed E-state index contributed by atoms with van der Waals surface area (Å²) in [6.07, 6.45) is 1.82. The largest absolute Gasteiger partial charge is 0.493 e. The molecule has 0 atom stereocenters. The third kappa shape index (κ3) is 4.34. The van der Waals surface area contributed by atoms with Crippen molar-refractivity contribution in [2.75, 3.05) is 6.61 Å². The first-order valence-corrected chi connectivity index (χ1v) is 8.97. The molecule has 140 valence electrons. The Morgan fingerprint density at radius 1 is 1.22 bits per heavy atom. The molecular formula is C21H24N4O2. The molecule has 0 spiro atoms. The van der Waals surface area contributed by atoms with Crippen molar-refractivity contribution in [3.05, 3.63) is 65.6 Å². The monoisotopic (exact) mass is 364 g/mol. The quantitative estimate of drug-likeness (QED) is 0.534. The fourth-order valence-corrected chi connectivity index (χ4v) is 2.69. The Labute approximate surface area is 158 Å². The van der Waals surface area contributed by atoms with Crippen molar-refractivity contribution in [2.24, 2.45) is 11.0 Å². The Balaban J connectivity index is 1.71. The number of aromatic nitrogens is 2. The molecule has 0 saturated heterocycles. The summed E-state index contributed by atoms with van der Waals surface area (Å²) in [5, 5.41) is 4.24. The molecular weight excluding hydrogens is 340 g/mol. The summed E-state index contributed by atoms with van der Waals surface area (Å²) in [5.74, 6) is 1.01. The molecule has 6 nitrogen and oxygen atoms in total. The zero-order chi connectivity index (χ0) is 19.4. The molecule has 27 heavy (non-hydrogen) atoms. The van der Waals surface area contributed by atoms with Crippen LogP contribution in [0.4, 0.5) is 0 Å². The second-order valence-electron chi connectivity index (χ2n) is 6.84. The van der Waals surface area contributed by atoms with Gasteiger partial charge in [-0.3, -0.25) is 9.20 Å². The molecule has 1 aromatic carbocycles. The van der Waals surface area contributed by atoms with Crippen molar-refractivity contribution >= 4 is 17.3 Å². The number of hydrogen-bond acceptors (Lipinski definition) is 4. The Bertz CT molecular complexity index is 972. The van der Waals surface area contributed by atoms with E-state index < -0.39 is 0 Å². The summed E-state index contributed by atoms with van der Waals surface area (Å²) >= 11 is 0. The number of fused-ring (bicyclic) bond motifs is 1. The minimum atomic E-state index is -0.289. The van der Waals surface area contributed by atoms with Gasteiger partial charge in [0.1, 0.15) is 17.1 Å². The molecule has 2 heterocycles. The number of nitrogens with zero attached hydrogens (tertiary/aromatic N) is 3. The zero-order valence-electron chi connectivity index (χ0n) is 16.1. The van der Waals surface area contributed by atoms with Gasteiger partial charge in [-0.1, -0.05) is 19.9 Å². The van der Waals surface area contributed by atoms with Gasteiger partial charge in [0.15, 0.2) is 0 Å². The van der Waals surface area contributed by atoms with E-state index in [2.05, 4.69) is 29.4 Å². The van der Waals surface area contributed by atoms with Gasteiger partial charge in [0.25, 0.3) is 5.91 Å². The maximum atomic E-state index is 12.6. The highest BCUT2D eigenvalue weighted by molar-refractivity contribution is 6.01. The number of carbonyl (C=O) groups is 1. The number of rotatable bonds is 6. The van der Waals surface area contributed by atoms with E-state index in [1.54, 1.807) is 4.40 Å². The van der Waals surface area contributed by atoms with Crippen molar-refractivity contribution in [3.8, 4) is 5.75 Å². The van der Waals surface area contributed by atoms with Gasteiger partial charge in [-0.15, -0.1) is 0 Å². The first-order valence-electron chi connectivity index (χ1n) is 8.97. The minimum Gasteiger partial charge on any atom is -0.493 e. The van der Waals surface area contributed by atoms with E-state index in [-0.39, 0.29) is 5.91 Å². The number of hydrogen-bond donors (Lipinski definition) is 1. The predicted octanol–water partition coefficient (Wildman–Crippen LogP) is 3.83. The topological polar surface area (TPSA) is 68.0 Å². The van der Waals surface area contributed by atoms with Crippen LogP contribution in [-0.2, 0) is 0 Å². The van der Waals surface area contributed by atoms with E-state index in [1.165, 1.54) is 0 Å². The second-order valence-corrected chi connectivity index (χ2v) is 6.84. The molecule has 0 unspecified atom stereocenters.